The highest BCUT2D eigenvalue weighted by Gasteiger charge is 2.24. The molecule has 6 heteroatoms. The summed E-state index contributed by atoms with van der Waals surface area (Å²) in [6.07, 6.45) is 7.56. The normalized spacial score (nSPS) is 18.0. The predicted octanol–water partition coefficient (Wildman–Crippen LogP) is 2.52. The van der Waals surface area contributed by atoms with Crippen molar-refractivity contribution in [3.63, 3.8) is 0 Å². The Morgan fingerprint density at radius 1 is 1.25 bits per heavy atom. The Balaban J connectivity index is 1.68. The maximum atomic E-state index is 11.7. The van der Waals surface area contributed by atoms with Crippen molar-refractivity contribution < 1.29 is 4.79 Å². The molecule has 3 aromatic heterocycles. The molecule has 0 spiro atoms. The summed E-state index contributed by atoms with van der Waals surface area (Å²) in [4.78, 5) is 27.0. The van der Waals surface area contributed by atoms with Gasteiger partial charge in [-0.05, 0) is 31.0 Å². The molecule has 6 nitrogen and oxygen atoms in total. The molecule has 4 rings (SSSR count). The summed E-state index contributed by atoms with van der Waals surface area (Å²) in [7, 11) is 0. The zero-order valence-electron chi connectivity index (χ0n) is 13.6. The number of nitrogens with zero attached hydrogens (tertiary/aromatic N) is 5. The molecule has 4 heterocycles. The third-order valence-corrected chi connectivity index (χ3v) is 4.61. The molecule has 24 heavy (non-hydrogen) atoms. The van der Waals surface area contributed by atoms with Crippen LogP contribution in [0.1, 0.15) is 31.4 Å². The van der Waals surface area contributed by atoms with Gasteiger partial charge in [-0.25, -0.2) is 9.97 Å². The van der Waals surface area contributed by atoms with Gasteiger partial charge < -0.3 is 4.90 Å². The Kier molecular flexibility index (Phi) is 3.72. The van der Waals surface area contributed by atoms with Crippen molar-refractivity contribution in [3.05, 3.63) is 48.5 Å². The molecule has 1 saturated heterocycles. The van der Waals surface area contributed by atoms with Crippen LogP contribution in [-0.2, 0) is 4.79 Å². The minimum absolute atomic E-state index is 0.142. The van der Waals surface area contributed by atoms with E-state index in [2.05, 4.69) is 16.0 Å². The largest absolute Gasteiger partial charge is 0.342 e. The number of pyridine rings is 1. The van der Waals surface area contributed by atoms with Gasteiger partial charge in [0.25, 0.3) is 0 Å². The Labute approximate surface area is 140 Å². The Morgan fingerprint density at radius 2 is 2.17 bits per heavy atom. The molecule has 0 aromatic carbocycles. The van der Waals surface area contributed by atoms with E-state index in [1.54, 1.807) is 19.3 Å². The summed E-state index contributed by atoms with van der Waals surface area (Å²) >= 11 is 0. The third kappa shape index (κ3) is 2.64. The molecular weight excluding hydrogens is 302 g/mol. The number of carbonyl (C=O) groups excluding carboxylic acids is 1. The second-order valence-electron chi connectivity index (χ2n) is 6.19. The smallest absolute Gasteiger partial charge is 0.234 e. The van der Waals surface area contributed by atoms with Crippen LogP contribution < -0.4 is 0 Å². The first-order valence-electron chi connectivity index (χ1n) is 8.23. The van der Waals surface area contributed by atoms with Crippen LogP contribution in [0.25, 0.3) is 17.2 Å². The van der Waals surface area contributed by atoms with Crippen molar-refractivity contribution in [2.75, 3.05) is 13.1 Å². The van der Waals surface area contributed by atoms with Gasteiger partial charge in [-0.1, -0.05) is 6.07 Å². The summed E-state index contributed by atoms with van der Waals surface area (Å²) in [6.45, 7) is 3.24. The van der Waals surface area contributed by atoms with E-state index in [0.29, 0.717) is 11.7 Å². The number of amides is 1. The molecular formula is C18H19N5O. The summed E-state index contributed by atoms with van der Waals surface area (Å²) in [6, 6.07) is 7.96. The van der Waals surface area contributed by atoms with Crippen LogP contribution in [-0.4, -0.2) is 43.2 Å². The number of piperidine rings is 1. The van der Waals surface area contributed by atoms with Crippen molar-refractivity contribution in [1.82, 2.24) is 24.3 Å². The Morgan fingerprint density at radius 3 is 3.04 bits per heavy atom. The number of rotatable bonds is 2. The van der Waals surface area contributed by atoms with E-state index in [4.69, 9.17) is 4.98 Å². The van der Waals surface area contributed by atoms with Gasteiger partial charge in [0.2, 0.25) is 11.7 Å². The number of hydrogen-bond donors (Lipinski definition) is 0. The van der Waals surface area contributed by atoms with E-state index in [1.165, 1.54) is 0 Å². The van der Waals surface area contributed by atoms with Crippen molar-refractivity contribution in [2.24, 2.45) is 0 Å². The first-order valence-corrected chi connectivity index (χ1v) is 8.23. The van der Waals surface area contributed by atoms with Crippen molar-refractivity contribution >= 4 is 11.7 Å². The topological polar surface area (TPSA) is 63.4 Å². The predicted molar refractivity (Wildman–Crippen MR) is 90.4 cm³/mol. The van der Waals surface area contributed by atoms with Crippen molar-refractivity contribution in [1.29, 1.82) is 0 Å². The molecule has 1 aliphatic heterocycles. The van der Waals surface area contributed by atoms with Crippen LogP contribution in [0.4, 0.5) is 0 Å². The lowest BCUT2D eigenvalue weighted by Crippen LogP contribution is -2.37. The zero-order chi connectivity index (χ0) is 16.5. The van der Waals surface area contributed by atoms with E-state index in [-0.39, 0.29) is 5.91 Å². The van der Waals surface area contributed by atoms with Gasteiger partial charge in [0, 0.05) is 44.0 Å². The number of aromatic nitrogens is 4. The van der Waals surface area contributed by atoms with E-state index >= 15 is 0 Å². The number of imidazole rings is 1. The van der Waals surface area contributed by atoms with Crippen LogP contribution in [0.5, 0.6) is 0 Å². The van der Waals surface area contributed by atoms with Gasteiger partial charge >= 0.3 is 0 Å². The second-order valence-corrected chi connectivity index (χ2v) is 6.19. The molecule has 122 valence electrons. The van der Waals surface area contributed by atoms with Crippen LogP contribution in [0.15, 0.2) is 42.9 Å². The average Bonchev–Trinajstić information content (AvgIpc) is 3.06. The van der Waals surface area contributed by atoms with E-state index in [0.717, 1.165) is 43.0 Å². The quantitative estimate of drug-likeness (QED) is 0.727. The van der Waals surface area contributed by atoms with Gasteiger partial charge in [0.15, 0.2) is 0 Å². The van der Waals surface area contributed by atoms with Crippen molar-refractivity contribution in [3.8, 4) is 11.4 Å². The fourth-order valence-electron chi connectivity index (χ4n) is 3.34. The minimum Gasteiger partial charge on any atom is -0.342 e. The number of carbonyl (C=O) groups is 1. The first kappa shape index (κ1) is 14.8. The minimum atomic E-state index is 0.142. The third-order valence-electron chi connectivity index (χ3n) is 4.61. The molecule has 0 aliphatic carbocycles. The van der Waals surface area contributed by atoms with Gasteiger partial charge in [0.1, 0.15) is 0 Å². The molecule has 0 radical (unpaired) electrons. The number of likely N-dealkylation sites (tertiary alicyclic amines) is 1. The highest BCUT2D eigenvalue weighted by Crippen LogP contribution is 2.27. The lowest BCUT2D eigenvalue weighted by molar-refractivity contribution is -0.130. The summed E-state index contributed by atoms with van der Waals surface area (Å²) < 4.78 is 1.94. The summed E-state index contributed by atoms with van der Waals surface area (Å²) in [5.41, 5.74) is 2.85. The van der Waals surface area contributed by atoms with Crippen LogP contribution in [0.2, 0.25) is 0 Å². The monoisotopic (exact) mass is 321 g/mol. The Hall–Kier alpha value is -2.76. The standard InChI is InChI=1S/C18H19N5O/c1-13(24)22-9-3-5-14(12-22)15-6-2-7-16(21-15)17-11-20-18-19-8-4-10-23(17)18/h2,4,6-8,10-11,14H,3,5,9,12H2,1H3/t14-/m1/s1. The molecule has 1 aliphatic rings. The highest BCUT2D eigenvalue weighted by atomic mass is 16.2. The van der Waals surface area contributed by atoms with Crippen molar-refractivity contribution in [2.45, 2.75) is 25.7 Å². The van der Waals surface area contributed by atoms with E-state index < -0.39 is 0 Å². The second kappa shape index (κ2) is 6.03. The van der Waals surface area contributed by atoms with Gasteiger partial charge in [-0.3, -0.25) is 14.2 Å². The number of fused-ring (bicyclic) bond motifs is 1. The van der Waals surface area contributed by atoms with Crippen LogP contribution in [0, 0.1) is 0 Å². The SMILES string of the molecule is CC(=O)N1CCC[C@@H](c2cccc(-c3cnc4ncccn34)n2)C1. The maximum Gasteiger partial charge on any atom is 0.234 e. The van der Waals surface area contributed by atoms with E-state index in [1.807, 2.05) is 33.7 Å². The van der Waals surface area contributed by atoms with Gasteiger partial charge in [0.05, 0.1) is 17.6 Å². The van der Waals surface area contributed by atoms with E-state index in [9.17, 15) is 4.79 Å². The molecule has 0 bridgehead atoms. The molecule has 0 saturated carbocycles. The molecule has 0 unspecified atom stereocenters. The number of hydrogen-bond acceptors (Lipinski definition) is 4. The lowest BCUT2D eigenvalue weighted by Gasteiger charge is -2.31. The highest BCUT2D eigenvalue weighted by molar-refractivity contribution is 5.73. The summed E-state index contributed by atoms with van der Waals surface area (Å²) in [5.74, 6) is 1.10. The fourth-order valence-corrected chi connectivity index (χ4v) is 3.34. The van der Waals surface area contributed by atoms with Gasteiger partial charge in [-0.15, -0.1) is 0 Å². The fraction of sp³-hybridized carbons (Fsp3) is 0.333. The molecule has 0 N–H and O–H groups in total. The van der Waals surface area contributed by atoms with Gasteiger partial charge in [-0.2, -0.15) is 0 Å². The average molecular weight is 321 g/mol. The molecule has 1 fully saturated rings. The first-order chi connectivity index (χ1) is 11.7. The molecule has 3 aromatic rings. The summed E-state index contributed by atoms with van der Waals surface area (Å²) in [5, 5.41) is 0. The molecule has 1 amide bonds. The Bertz CT molecular complexity index is 888. The lowest BCUT2D eigenvalue weighted by atomic mass is 9.94. The molecule has 1 atom stereocenters. The van der Waals surface area contributed by atoms with Crippen LogP contribution >= 0.6 is 0 Å². The van der Waals surface area contributed by atoms with Crippen LogP contribution in [0.3, 0.4) is 0 Å². The zero-order valence-corrected chi connectivity index (χ0v) is 13.6. The maximum absolute atomic E-state index is 11.7.